The Morgan fingerprint density at radius 2 is 1.76 bits per heavy atom. The Bertz CT molecular complexity index is 743. The van der Waals surface area contributed by atoms with Crippen molar-refractivity contribution in [2.24, 2.45) is 0 Å². The lowest BCUT2D eigenvalue weighted by Crippen LogP contribution is -2.47. The summed E-state index contributed by atoms with van der Waals surface area (Å²) in [5.41, 5.74) is 3.43. The number of ether oxygens (including phenoxy) is 2. The van der Waals surface area contributed by atoms with E-state index < -0.39 is 5.79 Å². The molecule has 1 saturated heterocycles. The SMILES string of the molecule is Cc1cc2c(c(O)c1-c1ccccc1)C(=O)C21OCCO1. The van der Waals surface area contributed by atoms with Gasteiger partial charge in [0.05, 0.1) is 18.8 Å². The Kier molecular flexibility index (Phi) is 2.49. The molecule has 4 rings (SSSR count). The molecule has 1 fully saturated rings. The van der Waals surface area contributed by atoms with Gasteiger partial charge in [-0.15, -0.1) is 0 Å². The number of hydrogen-bond donors (Lipinski definition) is 1. The van der Waals surface area contributed by atoms with Gasteiger partial charge in [0, 0.05) is 11.1 Å². The second-order valence-electron chi connectivity index (χ2n) is 5.35. The quantitative estimate of drug-likeness (QED) is 0.873. The van der Waals surface area contributed by atoms with Crippen molar-refractivity contribution in [1.29, 1.82) is 0 Å². The van der Waals surface area contributed by atoms with Crippen molar-refractivity contribution in [3.05, 3.63) is 53.1 Å². The molecule has 2 aromatic rings. The van der Waals surface area contributed by atoms with Crippen molar-refractivity contribution < 1.29 is 19.4 Å². The number of hydrogen-bond acceptors (Lipinski definition) is 4. The molecule has 4 nitrogen and oxygen atoms in total. The maximum absolute atomic E-state index is 12.4. The van der Waals surface area contributed by atoms with Crippen LogP contribution in [0.3, 0.4) is 0 Å². The second kappa shape index (κ2) is 4.16. The lowest BCUT2D eigenvalue weighted by Gasteiger charge is -2.37. The Morgan fingerprint density at radius 3 is 2.43 bits per heavy atom. The van der Waals surface area contributed by atoms with Crippen LogP contribution in [0.15, 0.2) is 36.4 Å². The van der Waals surface area contributed by atoms with Gasteiger partial charge in [-0.3, -0.25) is 4.79 Å². The maximum Gasteiger partial charge on any atom is 0.262 e. The molecule has 1 aliphatic heterocycles. The molecule has 4 heteroatoms. The van der Waals surface area contributed by atoms with Crippen LogP contribution in [0.5, 0.6) is 5.75 Å². The first kappa shape index (κ1) is 12.6. The molecular formula is C17H14O4. The smallest absolute Gasteiger partial charge is 0.262 e. The third-order valence-electron chi connectivity index (χ3n) is 4.14. The molecule has 21 heavy (non-hydrogen) atoms. The predicted octanol–water partition coefficient (Wildman–Crippen LogP) is 2.76. The molecule has 106 valence electrons. The van der Waals surface area contributed by atoms with Crippen LogP contribution in [0.4, 0.5) is 0 Å². The summed E-state index contributed by atoms with van der Waals surface area (Å²) in [5, 5.41) is 10.5. The minimum Gasteiger partial charge on any atom is -0.507 e. The monoisotopic (exact) mass is 282 g/mol. The zero-order chi connectivity index (χ0) is 14.6. The maximum atomic E-state index is 12.4. The molecule has 2 aromatic carbocycles. The first-order valence-corrected chi connectivity index (χ1v) is 6.90. The molecule has 0 radical (unpaired) electrons. The minimum atomic E-state index is -1.27. The molecule has 0 amide bonds. The van der Waals surface area contributed by atoms with Gasteiger partial charge in [-0.05, 0) is 24.1 Å². The van der Waals surface area contributed by atoms with Crippen LogP contribution >= 0.6 is 0 Å². The average molecular weight is 282 g/mol. The molecular weight excluding hydrogens is 268 g/mol. The highest BCUT2D eigenvalue weighted by Crippen LogP contribution is 2.52. The van der Waals surface area contributed by atoms with Crippen molar-refractivity contribution in [3.63, 3.8) is 0 Å². The summed E-state index contributed by atoms with van der Waals surface area (Å²) in [4.78, 5) is 12.4. The van der Waals surface area contributed by atoms with Gasteiger partial charge in [-0.2, -0.15) is 0 Å². The number of phenolic OH excluding ortho intramolecular Hbond substituents is 1. The van der Waals surface area contributed by atoms with Crippen molar-refractivity contribution in [2.45, 2.75) is 12.7 Å². The normalized spacial score (nSPS) is 18.6. The van der Waals surface area contributed by atoms with Gasteiger partial charge in [0.1, 0.15) is 5.75 Å². The number of carbonyl (C=O) groups is 1. The minimum absolute atomic E-state index is 0.0194. The van der Waals surface area contributed by atoms with E-state index in [1.807, 2.05) is 43.3 Å². The highest BCUT2D eigenvalue weighted by molar-refractivity contribution is 6.15. The molecule has 1 heterocycles. The largest absolute Gasteiger partial charge is 0.507 e. The zero-order valence-electron chi connectivity index (χ0n) is 11.6. The van der Waals surface area contributed by atoms with Gasteiger partial charge in [-0.25, -0.2) is 0 Å². The van der Waals surface area contributed by atoms with Crippen LogP contribution in [0.2, 0.25) is 0 Å². The molecule has 0 atom stereocenters. The summed E-state index contributed by atoms with van der Waals surface area (Å²) in [6, 6.07) is 11.4. The van der Waals surface area contributed by atoms with Crippen LogP contribution in [0.25, 0.3) is 11.1 Å². The number of Topliss-reactive ketones (excluding diaryl/α,β-unsaturated/α-hetero) is 1. The Hall–Kier alpha value is -2.17. The molecule has 2 aliphatic rings. The van der Waals surface area contributed by atoms with Gasteiger partial charge in [0.2, 0.25) is 5.78 Å². The van der Waals surface area contributed by atoms with Gasteiger partial charge < -0.3 is 14.6 Å². The summed E-state index contributed by atoms with van der Waals surface area (Å²) in [7, 11) is 0. The fourth-order valence-electron chi connectivity index (χ4n) is 3.18. The Balaban J connectivity index is 1.93. The van der Waals surface area contributed by atoms with Crippen LogP contribution in [-0.4, -0.2) is 24.1 Å². The summed E-state index contributed by atoms with van der Waals surface area (Å²) in [6.45, 7) is 2.70. The number of aromatic hydroxyl groups is 1. The number of benzene rings is 2. The molecule has 1 N–H and O–H groups in total. The van der Waals surface area contributed by atoms with E-state index in [9.17, 15) is 9.90 Å². The predicted molar refractivity (Wildman–Crippen MR) is 76.2 cm³/mol. The van der Waals surface area contributed by atoms with Gasteiger partial charge >= 0.3 is 0 Å². The fraction of sp³-hybridized carbons (Fsp3) is 0.235. The highest BCUT2D eigenvalue weighted by Gasteiger charge is 2.58. The second-order valence-corrected chi connectivity index (χ2v) is 5.35. The van der Waals surface area contributed by atoms with E-state index in [1.54, 1.807) is 0 Å². The molecule has 0 unspecified atom stereocenters. The van der Waals surface area contributed by atoms with Gasteiger partial charge in [-0.1, -0.05) is 30.3 Å². The molecule has 0 bridgehead atoms. The Labute approximate surface area is 121 Å². The molecule has 0 aromatic heterocycles. The van der Waals surface area contributed by atoms with Gasteiger partial charge in [0.15, 0.2) is 0 Å². The van der Waals surface area contributed by atoms with Crippen molar-refractivity contribution in [2.75, 3.05) is 13.2 Å². The molecule has 1 spiro atoms. The number of carbonyl (C=O) groups excluding carboxylic acids is 1. The zero-order valence-corrected chi connectivity index (χ0v) is 11.6. The first-order chi connectivity index (χ1) is 10.1. The van der Waals surface area contributed by atoms with Crippen LogP contribution in [0.1, 0.15) is 21.5 Å². The summed E-state index contributed by atoms with van der Waals surface area (Å²) < 4.78 is 11.0. The lowest BCUT2D eigenvalue weighted by molar-refractivity contribution is -0.137. The summed E-state index contributed by atoms with van der Waals surface area (Å²) in [5.74, 6) is -1.54. The standard InChI is InChI=1S/C17H14O4/c1-10-9-12-14(16(19)17(12)20-7-8-21-17)15(18)13(10)11-5-3-2-4-6-11/h2-6,9,18H,7-8H2,1H3. The van der Waals surface area contributed by atoms with Crippen LogP contribution < -0.4 is 0 Å². The third kappa shape index (κ3) is 1.49. The first-order valence-electron chi connectivity index (χ1n) is 6.90. The van der Waals surface area contributed by atoms with E-state index in [-0.39, 0.29) is 11.5 Å². The summed E-state index contributed by atoms with van der Waals surface area (Å²) >= 11 is 0. The summed E-state index contributed by atoms with van der Waals surface area (Å²) in [6.07, 6.45) is 0. The average Bonchev–Trinajstić information content (AvgIpc) is 3.00. The van der Waals surface area contributed by atoms with E-state index >= 15 is 0 Å². The molecule has 0 saturated carbocycles. The fourth-order valence-corrected chi connectivity index (χ4v) is 3.18. The number of rotatable bonds is 1. The van der Waals surface area contributed by atoms with E-state index in [0.717, 1.165) is 11.1 Å². The van der Waals surface area contributed by atoms with E-state index in [0.29, 0.717) is 29.9 Å². The van der Waals surface area contributed by atoms with Crippen molar-refractivity contribution in [1.82, 2.24) is 0 Å². The van der Waals surface area contributed by atoms with Crippen LogP contribution in [0, 0.1) is 6.92 Å². The number of aryl methyl sites for hydroxylation is 1. The Morgan fingerprint density at radius 1 is 1.10 bits per heavy atom. The highest BCUT2D eigenvalue weighted by atomic mass is 16.7. The number of fused-ring (bicyclic) bond motifs is 2. The van der Waals surface area contributed by atoms with E-state index in [2.05, 4.69) is 0 Å². The number of phenols is 1. The van der Waals surface area contributed by atoms with Crippen LogP contribution in [-0.2, 0) is 15.3 Å². The lowest BCUT2D eigenvalue weighted by atomic mass is 9.76. The van der Waals surface area contributed by atoms with Crippen molar-refractivity contribution >= 4 is 5.78 Å². The number of ketones is 1. The van der Waals surface area contributed by atoms with Crippen molar-refractivity contribution in [3.8, 4) is 16.9 Å². The third-order valence-corrected chi connectivity index (χ3v) is 4.14. The topological polar surface area (TPSA) is 55.8 Å². The van der Waals surface area contributed by atoms with E-state index in [4.69, 9.17) is 9.47 Å². The van der Waals surface area contributed by atoms with Gasteiger partial charge in [0.25, 0.3) is 5.79 Å². The molecule has 1 aliphatic carbocycles. The van der Waals surface area contributed by atoms with E-state index in [1.165, 1.54) is 0 Å².